The van der Waals surface area contributed by atoms with Crippen LogP contribution in [0.1, 0.15) is 81.8 Å². The number of ether oxygens (including phenoxy) is 1. The first-order chi connectivity index (χ1) is 13.5. The highest BCUT2D eigenvalue weighted by Gasteiger charge is 2.18. The number of hydrogen-bond acceptors (Lipinski definition) is 3. The van der Waals surface area contributed by atoms with Crippen LogP contribution in [-0.2, 0) is 4.74 Å². The molecular weight excluding hydrogens is 364 g/mol. The van der Waals surface area contributed by atoms with Gasteiger partial charge in [-0.2, -0.15) is 0 Å². The topological polar surface area (TPSA) is 67.4 Å². The summed E-state index contributed by atoms with van der Waals surface area (Å²) in [5, 5.41) is 5.77. The van der Waals surface area contributed by atoms with Crippen LogP contribution in [0, 0.1) is 0 Å². The molecule has 0 atom stereocenters. The van der Waals surface area contributed by atoms with Crippen molar-refractivity contribution in [2.45, 2.75) is 65.9 Å². The fourth-order valence-electron chi connectivity index (χ4n) is 3.01. The molecule has 0 aliphatic heterocycles. The predicted molar refractivity (Wildman–Crippen MR) is 119 cm³/mol. The van der Waals surface area contributed by atoms with Gasteiger partial charge >= 0.3 is 6.09 Å². The molecule has 0 bridgehead atoms. The van der Waals surface area contributed by atoms with Crippen LogP contribution in [0.4, 0.5) is 16.2 Å². The van der Waals surface area contributed by atoms with Crippen molar-refractivity contribution in [3.05, 3.63) is 59.2 Å². The molecule has 0 aromatic heterocycles. The van der Waals surface area contributed by atoms with Gasteiger partial charge in [0.1, 0.15) is 5.60 Å². The summed E-state index contributed by atoms with van der Waals surface area (Å²) in [6.45, 7) is 13.9. The summed E-state index contributed by atoms with van der Waals surface area (Å²) >= 11 is 0. The van der Waals surface area contributed by atoms with Crippen molar-refractivity contribution < 1.29 is 14.3 Å². The Labute approximate surface area is 173 Å². The van der Waals surface area contributed by atoms with Gasteiger partial charge in [-0.1, -0.05) is 45.9 Å². The van der Waals surface area contributed by atoms with Crippen LogP contribution in [0.15, 0.2) is 42.5 Å². The largest absolute Gasteiger partial charge is 0.444 e. The van der Waals surface area contributed by atoms with Gasteiger partial charge < -0.3 is 10.1 Å². The second-order valence-electron chi connectivity index (χ2n) is 8.78. The Morgan fingerprint density at radius 3 is 1.79 bits per heavy atom. The highest BCUT2D eigenvalue weighted by molar-refractivity contribution is 6.05. The second-order valence-corrected chi connectivity index (χ2v) is 8.78. The fraction of sp³-hybridized carbons (Fsp3) is 0.417. The highest BCUT2D eigenvalue weighted by Crippen LogP contribution is 2.32. The third-order valence-electron chi connectivity index (χ3n) is 4.40. The molecule has 0 heterocycles. The molecule has 2 aromatic carbocycles. The maximum atomic E-state index is 12.9. The molecule has 2 amide bonds. The standard InChI is InChI=1S/C24H32N2O3/c1-15(2)19-9-8-10-20(16(3)4)21(19)26-22(27)17-11-13-18(14-12-17)25-23(28)29-24(5,6)7/h8-16H,1-7H3,(H,25,28)(H,26,27). The molecule has 5 heteroatoms. The van der Waals surface area contributed by atoms with Crippen molar-refractivity contribution in [1.29, 1.82) is 0 Å². The Morgan fingerprint density at radius 1 is 0.828 bits per heavy atom. The van der Waals surface area contributed by atoms with E-state index in [0.717, 1.165) is 16.8 Å². The average Bonchev–Trinajstić information content (AvgIpc) is 2.60. The van der Waals surface area contributed by atoms with Crippen LogP contribution < -0.4 is 10.6 Å². The molecule has 2 rings (SSSR count). The van der Waals surface area contributed by atoms with Crippen LogP contribution in [0.2, 0.25) is 0 Å². The quantitative estimate of drug-likeness (QED) is 0.603. The zero-order chi connectivity index (χ0) is 21.8. The van der Waals surface area contributed by atoms with Crippen LogP contribution in [0.5, 0.6) is 0 Å². The number of amides is 2. The van der Waals surface area contributed by atoms with E-state index in [0.29, 0.717) is 23.1 Å². The molecule has 0 unspecified atom stereocenters. The summed E-state index contributed by atoms with van der Waals surface area (Å²) in [5.74, 6) is 0.414. The molecule has 156 valence electrons. The Bertz CT molecular complexity index is 836. The lowest BCUT2D eigenvalue weighted by Crippen LogP contribution is -2.27. The molecule has 0 saturated carbocycles. The number of para-hydroxylation sites is 1. The number of carbonyl (C=O) groups excluding carboxylic acids is 2. The SMILES string of the molecule is CC(C)c1cccc(C(C)C)c1NC(=O)c1ccc(NC(=O)OC(C)(C)C)cc1. The summed E-state index contributed by atoms with van der Waals surface area (Å²) in [7, 11) is 0. The normalized spacial score (nSPS) is 11.5. The Kier molecular flexibility index (Phi) is 7.07. The Morgan fingerprint density at radius 2 is 1.34 bits per heavy atom. The van der Waals surface area contributed by atoms with Crippen LogP contribution in [0.25, 0.3) is 0 Å². The van der Waals surface area contributed by atoms with E-state index in [2.05, 4.69) is 50.5 Å². The summed E-state index contributed by atoms with van der Waals surface area (Å²) < 4.78 is 5.24. The Balaban J connectivity index is 2.17. The summed E-state index contributed by atoms with van der Waals surface area (Å²) in [4.78, 5) is 24.7. The van der Waals surface area contributed by atoms with Crippen molar-refractivity contribution in [1.82, 2.24) is 0 Å². The van der Waals surface area contributed by atoms with E-state index in [-0.39, 0.29) is 5.91 Å². The molecule has 2 N–H and O–H groups in total. The lowest BCUT2D eigenvalue weighted by Gasteiger charge is -2.20. The molecule has 29 heavy (non-hydrogen) atoms. The van der Waals surface area contributed by atoms with Gasteiger partial charge in [-0.05, 0) is 68.0 Å². The molecule has 0 fully saturated rings. The summed E-state index contributed by atoms with van der Waals surface area (Å²) in [5.41, 5.74) is 3.65. The van der Waals surface area contributed by atoms with E-state index in [1.807, 2.05) is 6.07 Å². The van der Waals surface area contributed by atoms with Crippen LogP contribution in [-0.4, -0.2) is 17.6 Å². The van der Waals surface area contributed by atoms with E-state index in [4.69, 9.17) is 4.74 Å². The van der Waals surface area contributed by atoms with Gasteiger partial charge in [0.05, 0.1) is 0 Å². The van der Waals surface area contributed by atoms with Gasteiger partial charge in [0, 0.05) is 16.9 Å². The number of carbonyl (C=O) groups is 2. The summed E-state index contributed by atoms with van der Waals surface area (Å²) in [6, 6.07) is 12.9. The van der Waals surface area contributed by atoms with E-state index >= 15 is 0 Å². The third-order valence-corrected chi connectivity index (χ3v) is 4.40. The number of nitrogens with one attached hydrogen (secondary N) is 2. The second kappa shape index (κ2) is 9.12. The molecule has 0 spiro atoms. The Hall–Kier alpha value is -2.82. The number of rotatable bonds is 5. The van der Waals surface area contributed by atoms with Gasteiger partial charge in [0.2, 0.25) is 0 Å². The number of benzene rings is 2. The minimum Gasteiger partial charge on any atom is -0.444 e. The monoisotopic (exact) mass is 396 g/mol. The van der Waals surface area contributed by atoms with Crippen molar-refractivity contribution in [3.63, 3.8) is 0 Å². The molecule has 2 aromatic rings. The average molecular weight is 397 g/mol. The molecule has 0 saturated heterocycles. The predicted octanol–water partition coefficient (Wildman–Crippen LogP) is 6.53. The minimum atomic E-state index is -0.568. The zero-order valence-corrected chi connectivity index (χ0v) is 18.4. The lowest BCUT2D eigenvalue weighted by atomic mass is 9.92. The van der Waals surface area contributed by atoms with Gasteiger partial charge in [-0.15, -0.1) is 0 Å². The van der Waals surface area contributed by atoms with Crippen molar-refractivity contribution in [2.24, 2.45) is 0 Å². The van der Waals surface area contributed by atoms with Crippen molar-refractivity contribution >= 4 is 23.4 Å². The molecule has 0 aliphatic rings. The van der Waals surface area contributed by atoms with Crippen molar-refractivity contribution in [3.8, 4) is 0 Å². The number of hydrogen-bond donors (Lipinski definition) is 2. The van der Waals surface area contributed by atoms with Gasteiger partial charge in [0.15, 0.2) is 0 Å². The fourth-order valence-corrected chi connectivity index (χ4v) is 3.01. The van der Waals surface area contributed by atoms with E-state index < -0.39 is 11.7 Å². The molecule has 5 nitrogen and oxygen atoms in total. The maximum absolute atomic E-state index is 12.9. The first-order valence-corrected chi connectivity index (χ1v) is 10.0. The van der Waals surface area contributed by atoms with E-state index in [1.54, 1.807) is 45.0 Å². The molecule has 0 aliphatic carbocycles. The first-order valence-electron chi connectivity index (χ1n) is 10.0. The minimum absolute atomic E-state index is 0.177. The lowest BCUT2D eigenvalue weighted by molar-refractivity contribution is 0.0636. The van der Waals surface area contributed by atoms with Gasteiger partial charge in [-0.3, -0.25) is 10.1 Å². The number of anilines is 2. The molecule has 0 radical (unpaired) electrons. The van der Waals surface area contributed by atoms with Gasteiger partial charge in [0.25, 0.3) is 5.91 Å². The maximum Gasteiger partial charge on any atom is 0.412 e. The highest BCUT2D eigenvalue weighted by atomic mass is 16.6. The summed E-state index contributed by atoms with van der Waals surface area (Å²) in [6.07, 6.45) is -0.526. The van der Waals surface area contributed by atoms with E-state index in [1.165, 1.54) is 0 Å². The van der Waals surface area contributed by atoms with E-state index in [9.17, 15) is 9.59 Å². The molecular formula is C24H32N2O3. The van der Waals surface area contributed by atoms with Crippen LogP contribution >= 0.6 is 0 Å². The first kappa shape index (κ1) is 22.5. The smallest absolute Gasteiger partial charge is 0.412 e. The van der Waals surface area contributed by atoms with Crippen LogP contribution in [0.3, 0.4) is 0 Å². The van der Waals surface area contributed by atoms with Gasteiger partial charge in [-0.25, -0.2) is 4.79 Å². The zero-order valence-electron chi connectivity index (χ0n) is 18.4. The van der Waals surface area contributed by atoms with Crippen molar-refractivity contribution in [2.75, 3.05) is 10.6 Å². The third kappa shape index (κ3) is 6.34.